The molecule has 1 saturated heterocycles. The van der Waals surface area contributed by atoms with Crippen LogP contribution in [-0.4, -0.2) is 63.2 Å². The van der Waals surface area contributed by atoms with Crippen LogP contribution in [0.1, 0.15) is 25.1 Å². The molecule has 0 radical (unpaired) electrons. The van der Waals surface area contributed by atoms with E-state index in [0.717, 1.165) is 16.9 Å². The van der Waals surface area contributed by atoms with Gasteiger partial charge in [-0.25, -0.2) is 9.50 Å². The summed E-state index contributed by atoms with van der Waals surface area (Å²) in [6.07, 6.45) is 4.47. The number of carbonyl (C=O) groups excluding carboxylic acids is 2. The molecule has 0 spiro atoms. The Morgan fingerprint density at radius 1 is 1.19 bits per heavy atom. The van der Waals surface area contributed by atoms with E-state index in [1.807, 2.05) is 48.7 Å². The van der Waals surface area contributed by atoms with Crippen molar-refractivity contribution in [3.05, 3.63) is 66.1 Å². The zero-order valence-corrected chi connectivity index (χ0v) is 18.5. The van der Waals surface area contributed by atoms with Gasteiger partial charge in [-0.1, -0.05) is 30.3 Å². The summed E-state index contributed by atoms with van der Waals surface area (Å²) in [4.78, 5) is 31.9. The number of fused-ring (bicyclic) bond motifs is 1. The number of imidazole rings is 1. The van der Waals surface area contributed by atoms with Crippen molar-refractivity contribution in [2.24, 2.45) is 5.92 Å². The van der Waals surface area contributed by atoms with Crippen LogP contribution in [0.5, 0.6) is 0 Å². The molecule has 8 nitrogen and oxygen atoms in total. The third kappa shape index (κ3) is 5.31. The van der Waals surface area contributed by atoms with E-state index in [-0.39, 0.29) is 24.2 Å². The lowest BCUT2D eigenvalue weighted by Crippen LogP contribution is -2.57. The molecule has 168 valence electrons. The summed E-state index contributed by atoms with van der Waals surface area (Å²) in [6, 6.07) is 13.4. The maximum atomic E-state index is 13.3. The number of ether oxygens (including phenoxy) is 1. The second-order valence-electron chi connectivity index (χ2n) is 8.79. The number of hydrogen-bond donors (Lipinski definition) is 1. The van der Waals surface area contributed by atoms with Crippen LogP contribution in [0.3, 0.4) is 0 Å². The van der Waals surface area contributed by atoms with Gasteiger partial charge in [0.15, 0.2) is 5.65 Å². The average molecular weight is 436 g/mol. The van der Waals surface area contributed by atoms with Gasteiger partial charge in [0.1, 0.15) is 5.54 Å². The lowest BCUT2D eigenvalue weighted by atomic mass is 9.99. The van der Waals surface area contributed by atoms with E-state index in [1.165, 1.54) is 0 Å². The SMILES string of the molecule is CC(C)(NC(=O)Cc1ccccc1)C(=O)N1CCOC[C@@H](Cc2ccc3nccn3n2)C1. The number of carbonyl (C=O) groups is 2. The normalized spacial score (nSPS) is 17.2. The van der Waals surface area contributed by atoms with Gasteiger partial charge in [0.25, 0.3) is 0 Å². The van der Waals surface area contributed by atoms with E-state index in [4.69, 9.17) is 4.74 Å². The maximum absolute atomic E-state index is 13.3. The van der Waals surface area contributed by atoms with E-state index in [0.29, 0.717) is 32.7 Å². The topological polar surface area (TPSA) is 88.8 Å². The monoisotopic (exact) mass is 435 g/mol. The number of aromatic nitrogens is 3. The Labute approximate surface area is 187 Å². The molecule has 3 heterocycles. The van der Waals surface area contributed by atoms with Crippen LogP contribution in [0.15, 0.2) is 54.9 Å². The van der Waals surface area contributed by atoms with Gasteiger partial charge in [-0.3, -0.25) is 9.59 Å². The van der Waals surface area contributed by atoms with E-state index < -0.39 is 5.54 Å². The van der Waals surface area contributed by atoms with E-state index in [9.17, 15) is 9.59 Å². The number of nitrogens with zero attached hydrogens (tertiary/aromatic N) is 4. The van der Waals surface area contributed by atoms with Crippen LogP contribution >= 0.6 is 0 Å². The standard InChI is InChI=1S/C24H29N5O3/c1-24(2,26-22(30)15-18-6-4-3-5-7-18)23(31)28-12-13-32-17-19(16-28)14-20-8-9-21-25-10-11-29(21)27-20/h3-11,19H,12-17H2,1-2H3,(H,26,30)/t19-/m0/s1. The first-order valence-electron chi connectivity index (χ1n) is 10.9. The Balaban J connectivity index is 1.39. The highest BCUT2D eigenvalue weighted by Gasteiger charge is 2.35. The highest BCUT2D eigenvalue weighted by Crippen LogP contribution is 2.17. The molecule has 1 N–H and O–H groups in total. The molecule has 0 saturated carbocycles. The van der Waals surface area contributed by atoms with Crippen molar-refractivity contribution in [2.45, 2.75) is 32.2 Å². The Morgan fingerprint density at radius 2 is 2.00 bits per heavy atom. The third-order valence-electron chi connectivity index (χ3n) is 5.63. The third-order valence-corrected chi connectivity index (χ3v) is 5.63. The Kier molecular flexibility index (Phi) is 6.50. The number of nitrogens with one attached hydrogen (secondary N) is 1. The van der Waals surface area contributed by atoms with Gasteiger partial charge in [-0.05, 0) is 38.0 Å². The smallest absolute Gasteiger partial charge is 0.247 e. The molecule has 1 aromatic carbocycles. The summed E-state index contributed by atoms with van der Waals surface area (Å²) in [5.74, 6) is -0.159. The molecule has 1 aliphatic rings. The Morgan fingerprint density at radius 3 is 2.81 bits per heavy atom. The molecular formula is C24H29N5O3. The molecule has 2 amide bonds. The van der Waals surface area contributed by atoms with Crippen LogP contribution < -0.4 is 5.32 Å². The largest absolute Gasteiger partial charge is 0.379 e. The van der Waals surface area contributed by atoms with Gasteiger partial charge in [0, 0.05) is 31.4 Å². The highest BCUT2D eigenvalue weighted by molar-refractivity contribution is 5.91. The molecule has 32 heavy (non-hydrogen) atoms. The lowest BCUT2D eigenvalue weighted by molar-refractivity contribution is -0.140. The molecule has 1 fully saturated rings. The van der Waals surface area contributed by atoms with Crippen LogP contribution in [-0.2, 0) is 27.2 Å². The summed E-state index contributed by atoms with van der Waals surface area (Å²) in [6.45, 7) is 5.61. The molecule has 0 aliphatic carbocycles. The summed E-state index contributed by atoms with van der Waals surface area (Å²) in [5, 5.41) is 7.51. The van der Waals surface area contributed by atoms with Crippen LogP contribution in [0.2, 0.25) is 0 Å². The predicted octanol–water partition coefficient (Wildman–Crippen LogP) is 1.88. The quantitative estimate of drug-likeness (QED) is 0.639. The van der Waals surface area contributed by atoms with Gasteiger partial charge in [0.2, 0.25) is 11.8 Å². The molecule has 1 aliphatic heterocycles. The van der Waals surface area contributed by atoms with Gasteiger partial charge in [-0.15, -0.1) is 0 Å². The summed E-state index contributed by atoms with van der Waals surface area (Å²) >= 11 is 0. The first-order valence-corrected chi connectivity index (χ1v) is 10.9. The number of benzene rings is 1. The fraction of sp³-hybridized carbons (Fsp3) is 0.417. The summed E-state index contributed by atoms with van der Waals surface area (Å²) in [7, 11) is 0. The molecule has 2 aromatic heterocycles. The Hall–Kier alpha value is -3.26. The lowest BCUT2D eigenvalue weighted by Gasteiger charge is -2.33. The Bertz CT molecular complexity index is 1080. The van der Waals surface area contributed by atoms with Crippen molar-refractivity contribution in [3.8, 4) is 0 Å². The van der Waals surface area contributed by atoms with Crippen LogP contribution in [0, 0.1) is 5.92 Å². The number of amides is 2. The fourth-order valence-electron chi connectivity index (χ4n) is 4.07. The van der Waals surface area contributed by atoms with Crippen molar-refractivity contribution in [1.29, 1.82) is 0 Å². The molecule has 8 heteroatoms. The molecule has 0 unspecified atom stereocenters. The molecule has 1 atom stereocenters. The minimum Gasteiger partial charge on any atom is -0.379 e. The minimum atomic E-state index is -1.01. The molecule has 3 aromatic rings. The van der Waals surface area contributed by atoms with Gasteiger partial charge in [0.05, 0.1) is 25.3 Å². The van der Waals surface area contributed by atoms with Crippen LogP contribution in [0.25, 0.3) is 5.65 Å². The average Bonchev–Trinajstić information content (AvgIpc) is 3.11. The number of hydrogen-bond acceptors (Lipinski definition) is 5. The first-order chi connectivity index (χ1) is 15.4. The highest BCUT2D eigenvalue weighted by atomic mass is 16.5. The fourth-order valence-corrected chi connectivity index (χ4v) is 4.07. The molecular weight excluding hydrogens is 406 g/mol. The van der Waals surface area contributed by atoms with Gasteiger partial charge >= 0.3 is 0 Å². The van der Waals surface area contributed by atoms with Crippen molar-refractivity contribution in [1.82, 2.24) is 24.8 Å². The van der Waals surface area contributed by atoms with Gasteiger partial charge in [-0.2, -0.15) is 5.10 Å². The first kappa shape index (κ1) is 22.0. The second kappa shape index (κ2) is 9.48. The summed E-state index contributed by atoms with van der Waals surface area (Å²) in [5.41, 5.74) is 1.64. The minimum absolute atomic E-state index is 0.104. The summed E-state index contributed by atoms with van der Waals surface area (Å²) < 4.78 is 7.53. The van der Waals surface area contributed by atoms with Gasteiger partial charge < -0.3 is 15.0 Å². The number of rotatable bonds is 6. The van der Waals surface area contributed by atoms with E-state index >= 15 is 0 Å². The molecule has 4 rings (SSSR count). The van der Waals surface area contributed by atoms with Crippen molar-refractivity contribution >= 4 is 17.5 Å². The zero-order valence-electron chi connectivity index (χ0n) is 18.5. The van der Waals surface area contributed by atoms with E-state index in [2.05, 4.69) is 15.4 Å². The van der Waals surface area contributed by atoms with Crippen LogP contribution in [0.4, 0.5) is 0 Å². The molecule has 0 bridgehead atoms. The van der Waals surface area contributed by atoms with E-state index in [1.54, 1.807) is 29.5 Å². The predicted molar refractivity (Wildman–Crippen MR) is 120 cm³/mol. The maximum Gasteiger partial charge on any atom is 0.247 e. The van der Waals surface area contributed by atoms with Crippen molar-refractivity contribution < 1.29 is 14.3 Å². The second-order valence-corrected chi connectivity index (χ2v) is 8.79. The van der Waals surface area contributed by atoms with Crippen molar-refractivity contribution in [3.63, 3.8) is 0 Å². The van der Waals surface area contributed by atoms with Crippen molar-refractivity contribution in [2.75, 3.05) is 26.3 Å². The zero-order chi connectivity index (χ0) is 22.6.